The van der Waals surface area contributed by atoms with Crippen LogP contribution in [0.2, 0.25) is 5.02 Å². The summed E-state index contributed by atoms with van der Waals surface area (Å²) < 4.78 is 7.93. The molecule has 2 heterocycles. The maximum Gasteiger partial charge on any atom is 0.128 e. The fourth-order valence-electron chi connectivity index (χ4n) is 3.00. The van der Waals surface area contributed by atoms with E-state index in [1.54, 1.807) is 0 Å². The Balaban J connectivity index is 2.25. The van der Waals surface area contributed by atoms with Crippen molar-refractivity contribution in [2.75, 3.05) is 13.2 Å². The predicted molar refractivity (Wildman–Crippen MR) is 82.7 cm³/mol. The second-order valence-electron chi connectivity index (χ2n) is 5.71. The van der Waals surface area contributed by atoms with Crippen molar-refractivity contribution >= 4 is 34.2 Å². The minimum Gasteiger partial charge on any atom is -0.379 e. The second kappa shape index (κ2) is 5.21. The van der Waals surface area contributed by atoms with Crippen molar-refractivity contribution < 1.29 is 4.74 Å². The molecule has 108 valence electrons. The van der Waals surface area contributed by atoms with Crippen LogP contribution in [-0.2, 0) is 10.3 Å². The van der Waals surface area contributed by atoms with E-state index in [-0.39, 0.29) is 10.9 Å². The highest BCUT2D eigenvalue weighted by molar-refractivity contribution is 6.31. The van der Waals surface area contributed by atoms with Crippen LogP contribution in [0.3, 0.4) is 0 Å². The van der Waals surface area contributed by atoms with E-state index in [9.17, 15) is 0 Å². The molecular formula is C15H18Cl2N2O. The van der Waals surface area contributed by atoms with Crippen LogP contribution in [0.5, 0.6) is 0 Å². The molecular weight excluding hydrogens is 295 g/mol. The first-order valence-corrected chi connectivity index (χ1v) is 7.73. The molecule has 1 aromatic heterocycles. The van der Waals surface area contributed by atoms with E-state index in [1.807, 2.05) is 25.1 Å². The summed E-state index contributed by atoms with van der Waals surface area (Å²) in [5.74, 6) is 0.886. The summed E-state index contributed by atoms with van der Waals surface area (Å²) in [4.78, 5) is 4.69. The Kier molecular flexibility index (Phi) is 3.69. The normalized spacial score (nSPS) is 25.0. The van der Waals surface area contributed by atoms with Gasteiger partial charge in [-0.1, -0.05) is 11.6 Å². The fraction of sp³-hybridized carbons (Fsp3) is 0.533. The van der Waals surface area contributed by atoms with Crippen LogP contribution in [0.1, 0.15) is 37.9 Å². The molecule has 3 rings (SSSR count). The molecule has 3 nitrogen and oxygen atoms in total. The number of aromatic nitrogens is 2. The molecule has 1 saturated heterocycles. The van der Waals surface area contributed by atoms with Crippen LogP contribution in [0.4, 0.5) is 0 Å². The quantitative estimate of drug-likeness (QED) is 0.763. The number of hydrogen-bond acceptors (Lipinski definition) is 2. The largest absolute Gasteiger partial charge is 0.379 e. The number of alkyl halides is 1. The Morgan fingerprint density at radius 3 is 2.90 bits per heavy atom. The topological polar surface area (TPSA) is 27.1 Å². The Labute approximate surface area is 128 Å². The van der Waals surface area contributed by atoms with Crippen molar-refractivity contribution in [3.05, 3.63) is 29.0 Å². The molecule has 0 bridgehead atoms. The van der Waals surface area contributed by atoms with Gasteiger partial charge in [0.1, 0.15) is 5.82 Å². The molecule has 0 N–H and O–H groups in total. The summed E-state index contributed by atoms with van der Waals surface area (Å²) in [7, 11) is 0. The van der Waals surface area contributed by atoms with Gasteiger partial charge in [0.2, 0.25) is 0 Å². The first-order valence-electron chi connectivity index (χ1n) is 6.91. The SMILES string of the molecule is CC(Cl)c1nc2ccc(Cl)cc2n1C1(C)CCCOC1. The first-order chi connectivity index (χ1) is 9.51. The highest BCUT2D eigenvalue weighted by Crippen LogP contribution is 2.36. The van der Waals surface area contributed by atoms with Gasteiger partial charge in [-0.3, -0.25) is 0 Å². The number of ether oxygens (including phenoxy) is 1. The standard InChI is InChI=1S/C15H18Cl2N2O/c1-10(16)14-18-12-5-4-11(17)8-13(12)19(14)15(2)6-3-7-20-9-15/h4-5,8,10H,3,6-7,9H2,1-2H3. The molecule has 2 aromatic rings. The molecule has 1 aromatic carbocycles. The van der Waals surface area contributed by atoms with E-state index in [4.69, 9.17) is 32.9 Å². The second-order valence-corrected chi connectivity index (χ2v) is 6.80. The fourth-order valence-corrected chi connectivity index (χ4v) is 3.31. The maximum absolute atomic E-state index is 6.34. The minimum atomic E-state index is -0.153. The van der Waals surface area contributed by atoms with Gasteiger partial charge in [0.05, 0.1) is 28.6 Å². The summed E-state index contributed by atoms with van der Waals surface area (Å²) in [5.41, 5.74) is 1.85. The Bertz CT molecular complexity index is 630. The highest BCUT2D eigenvalue weighted by atomic mass is 35.5. The molecule has 1 aliphatic rings. The van der Waals surface area contributed by atoms with Gasteiger partial charge in [-0.2, -0.15) is 0 Å². The molecule has 1 aliphatic heterocycles. The predicted octanol–water partition coefficient (Wildman–Crippen LogP) is 4.52. The first kappa shape index (κ1) is 14.2. The van der Waals surface area contributed by atoms with Gasteiger partial charge < -0.3 is 9.30 Å². The van der Waals surface area contributed by atoms with Crippen molar-refractivity contribution in [1.29, 1.82) is 0 Å². The zero-order valence-electron chi connectivity index (χ0n) is 11.7. The molecule has 2 atom stereocenters. The molecule has 1 fully saturated rings. The van der Waals surface area contributed by atoms with Crippen LogP contribution in [0.25, 0.3) is 11.0 Å². The van der Waals surface area contributed by atoms with E-state index < -0.39 is 0 Å². The number of hydrogen-bond donors (Lipinski definition) is 0. The third kappa shape index (κ3) is 2.32. The van der Waals surface area contributed by atoms with Gasteiger partial charge in [-0.05, 0) is 44.9 Å². The summed E-state index contributed by atoms with van der Waals surface area (Å²) in [6.07, 6.45) is 2.11. The van der Waals surface area contributed by atoms with E-state index >= 15 is 0 Å². The van der Waals surface area contributed by atoms with Gasteiger partial charge in [-0.25, -0.2) is 4.98 Å². The minimum absolute atomic E-state index is 0.115. The van der Waals surface area contributed by atoms with E-state index in [0.29, 0.717) is 11.6 Å². The van der Waals surface area contributed by atoms with E-state index in [1.165, 1.54) is 0 Å². The van der Waals surface area contributed by atoms with Crippen LogP contribution in [-0.4, -0.2) is 22.8 Å². The highest BCUT2D eigenvalue weighted by Gasteiger charge is 2.34. The molecule has 0 saturated carbocycles. The zero-order chi connectivity index (χ0) is 14.3. The lowest BCUT2D eigenvalue weighted by Crippen LogP contribution is -2.40. The maximum atomic E-state index is 6.34. The van der Waals surface area contributed by atoms with Gasteiger partial charge >= 0.3 is 0 Å². The van der Waals surface area contributed by atoms with E-state index in [0.717, 1.165) is 36.3 Å². The Hall–Kier alpha value is -0.770. The third-order valence-corrected chi connectivity index (χ3v) is 4.39. The lowest BCUT2D eigenvalue weighted by atomic mass is 9.94. The molecule has 0 spiro atoms. The molecule has 2 unspecified atom stereocenters. The van der Waals surface area contributed by atoms with Crippen LogP contribution < -0.4 is 0 Å². The lowest BCUT2D eigenvalue weighted by Gasteiger charge is -2.37. The summed E-state index contributed by atoms with van der Waals surface area (Å²) in [6.45, 7) is 5.67. The van der Waals surface area contributed by atoms with Crippen LogP contribution >= 0.6 is 23.2 Å². The van der Waals surface area contributed by atoms with Crippen LogP contribution in [0, 0.1) is 0 Å². The van der Waals surface area contributed by atoms with Crippen molar-refractivity contribution in [3.63, 3.8) is 0 Å². The lowest BCUT2D eigenvalue weighted by molar-refractivity contribution is 0.0101. The molecule has 0 amide bonds. The third-order valence-electron chi connectivity index (χ3n) is 3.96. The van der Waals surface area contributed by atoms with Crippen molar-refractivity contribution in [3.8, 4) is 0 Å². The van der Waals surface area contributed by atoms with Crippen molar-refractivity contribution in [2.45, 2.75) is 37.6 Å². The Morgan fingerprint density at radius 1 is 1.45 bits per heavy atom. The average molecular weight is 313 g/mol. The average Bonchev–Trinajstić information content (AvgIpc) is 2.79. The smallest absolute Gasteiger partial charge is 0.128 e. The number of nitrogens with zero attached hydrogens (tertiary/aromatic N) is 2. The number of halogens is 2. The Morgan fingerprint density at radius 2 is 2.25 bits per heavy atom. The van der Waals surface area contributed by atoms with E-state index in [2.05, 4.69) is 11.5 Å². The van der Waals surface area contributed by atoms with Crippen molar-refractivity contribution in [1.82, 2.24) is 9.55 Å². The number of imidazole rings is 1. The van der Waals surface area contributed by atoms with Gasteiger partial charge in [-0.15, -0.1) is 11.6 Å². The number of fused-ring (bicyclic) bond motifs is 1. The summed E-state index contributed by atoms with van der Waals surface area (Å²) >= 11 is 12.5. The summed E-state index contributed by atoms with van der Waals surface area (Å²) in [5, 5.41) is 0.563. The molecule has 20 heavy (non-hydrogen) atoms. The number of benzene rings is 1. The molecule has 0 aliphatic carbocycles. The van der Waals surface area contributed by atoms with Gasteiger partial charge in [0, 0.05) is 11.6 Å². The molecule has 0 radical (unpaired) electrons. The number of rotatable bonds is 2. The molecule has 5 heteroatoms. The van der Waals surface area contributed by atoms with Gasteiger partial charge in [0.15, 0.2) is 0 Å². The monoisotopic (exact) mass is 312 g/mol. The zero-order valence-corrected chi connectivity index (χ0v) is 13.2. The van der Waals surface area contributed by atoms with Crippen LogP contribution in [0.15, 0.2) is 18.2 Å². The summed E-state index contributed by atoms with van der Waals surface area (Å²) in [6, 6.07) is 5.78. The van der Waals surface area contributed by atoms with Crippen molar-refractivity contribution in [2.24, 2.45) is 0 Å². The van der Waals surface area contributed by atoms with Gasteiger partial charge in [0.25, 0.3) is 0 Å².